The average Bonchev–Trinajstić information content (AvgIpc) is 3.16. The van der Waals surface area contributed by atoms with Crippen LogP contribution in [0.3, 0.4) is 0 Å². The third-order valence-electron chi connectivity index (χ3n) is 5.15. The van der Waals surface area contributed by atoms with Gasteiger partial charge < -0.3 is 10.2 Å². The Labute approximate surface area is 114 Å². The first-order valence-corrected chi connectivity index (χ1v) is 8.11. The van der Waals surface area contributed by atoms with Gasteiger partial charge in [0.05, 0.1) is 0 Å². The Morgan fingerprint density at radius 3 is 2.17 bits per heavy atom. The molecule has 0 spiro atoms. The van der Waals surface area contributed by atoms with E-state index in [4.69, 9.17) is 0 Å². The molecule has 2 heteroatoms. The Morgan fingerprint density at radius 1 is 1.11 bits per heavy atom. The number of rotatable bonds is 6. The molecule has 2 saturated carbocycles. The molecule has 0 radical (unpaired) electrons. The number of hydrogen-bond acceptors (Lipinski definition) is 2. The second kappa shape index (κ2) is 6.38. The molecule has 0 aromatic heterocycles. The molecule has 0 heterocycles. The molecule has 0 amide bonds. The molecular weight excluding hydrogens is 220 g/mol. The zero-order chi connectivity index (χ0) is 13.0. The van der Waals surface area contributed by atoms with Crippen molar-refractivity contribution in [3.8, 4) is 0 Å². The quantitative estimate of drug-likeness (QED) is 0.729. The topological polar surface area (TPSA) is 15.3 Å². The van der Waals surface area contributed by atoms with Gasteiger partial charge in [-0.1, -0.05) is 32.6 Å². The van der Waals surface area contributed by atoms with Gasteiger partial charge in [-0.3, -0.25) is 0 Å². The van der Waals surface area contributed by atoms with Gasteiger partial charge in [0, 0.05) is 11.6 Å². The fourth-order valence-electron chi connectivity index (χ4n) is 3.90. The summed E-state index contributed by atoms with van der Waals surface area (Å²) in [5.41, 5.74) is 0.437. The average molecular weight is 252 g/mol. The minimum absolute atomic E-state index is 0.437. The summed E-state index contributed by atoms with van der Waals surface area (Å²) in [5, 5.41) is 3.91. The van der Waals surface area contributed by atoms with Crippen LogP contribution in [-0.2, 0) is 0 Å². The van der Waals surface area contributed by atoms with Crippen molar-refractivity contribution in [2.75, 3.05) is 20.6 Å². The van der Waals surface area contributed by atoms with Crippen LogP contribution < -0.4 is 5.32 Å². The Bertz CT molecular complexity index is 237. The van der Waals surface area contributed by atoms with E-state index in [1.165, 1.54) is 64.3 Å². The molecule has 0 bridgehead atoms. The zero-order valence-corrected chi connectivity index (χ0v) is 12.7. The lowest BCUT2D eigenvalue weighted by molar-refractivity contribution is 0.0704. The van der Waals surface area contributed by atoms with Crippen molar-refractivity contribution in [3.63, 3.8) is 0 Å². The van der Waals surface area contributed by atoms with Gasteiger partial charge in [-0.25, -0.2) is 0 Å². The maximum absolute atomic E-state index is 3.91. The molecule has 0 aromatic rings. The highest BCUT2D eigenvalue weighted by atomic mass is 15.2. The van der Waals surface area contributed by atoms with Crippen molar-refractivity contribution in [2.24, 2.45) is 5.92 Å². The molecular formula is C16H32N2. The molecule has 18 heavy (non-hydrogen) atoms. The van der Waals surface area contributed by atoms with Crippen LogP contribution in [0.2, 0.25) is 0 Å². The minimum Gasteiger partial charge on any atom is -0.312 e. The lowest BCUT2D eigenvalue weighted by Gasteiger charge is -2.47. The van der Waals surface area contributed by atoms with Crippen molar-refractivity contribution in [1.29, 1.82) is 0 Å². The van der Waals surface area contributed by atoms with Crippen molar-refractivity contribution in [2.45, 2.75) is 76.3 Å². The van der Waals surface area contributed by atoms with E-state index in [1.54, 1.807) is 0 Å². The van der Waals surface area contributed by atoms with Gasteiger partial charge in [0.1, 0.15) is 0 Å². The van der Waals surface area contributed by atoms with E-state index in [-0.39, 0.29) is 0 Å². The van der Waals surface area contributed by atoms with Crippen LogP contribution in [0.5, 0.6) is 0 Å². The first-order valence-electron chi connectivity index (χ1n) is 8.11. The predicted octanol–water partition coefficient (Wildman–Crippen LogP) is 3.42. The molecule has 1 N–H and O–H groups in total. The normalized spacial score (nSPS) is 26.0. The Hall–Kier alpha value is -0.0800. The molecule has 1 atom stereocenters. The highest BCUT2D eigenvalue weighted by molar-refractivity contribution is 5.05. The lowest BCUT2D eigenvalue weighted by atomic mass is 9.79. The molecule has 2 rings (SSSR count). The van der Waals surface area contributed by atoms with Crippen LogP contribution in [0.4, 0.5) is 0 Å². The van der Waals surface area contributed by atoms with Gasteiger partial charge in [0.15, 0.2) is 0 Å². The van der Waals surface area contributed by atoms with Gasteiger partial charge in [0.2, 0.25) is 0 Å². The Morgan fingerprint density at radius 2 is 1.72 bits per heavy atom. The summed E-state index contributed by atoms with van der Waals surface area (Å²) >= 11 is 0. The van der Waals surface area contributed by atoms with Gasteiger partial charge in [0.25, 0.3) is 0 Å². The Kier molecular flexibility index (Phi) is 5.08. The Balaban J connectivity index is 2.13. The molecule has 0 aromatic carbocycles. The maximum atomic E-state index is 3.91. The molecule has 2 nitrogen and oxygen atoms in total. The highest BCUT2D eigenvalue weighted by Gasteiger charge is 2.47. The number of hydrogen-bond donors (Lipinski definition) is 1. The molecule has 0 saturated heterocycles. The summed E-state index contributed by atoms with van der Waals surface area (Å²) in [5.74, 6) is 0.956. The van der Waals surface area contributed by atoms with Crippen molar-refractivity contribution in [3.05, 3.63) is 0 Å². The minimum atomic E-state index is 0.437. The fourth-order valence-corrected chi connectivity index (χ4v) is 3.90. The van der Waals surface area contributed by atoms with Crippen LogP contribution in [-0.4, -0.2) is 37.1 Å². The SMILES string of the molecule is CCCNC(C1CC1)C1(N(C)C)CCCCCC1. The number of nitrogens with one attached hydrogen (secondary N) is 1. The van der Waals surface area contributed by atoms with Crippen molar-refractivity contribution >= 4 is 0 Å². The predicted molar refractivity (Wildman–Crippen MR) is 78.9 cm³/mol. The molecule has 1 unspecified atom stereocenters. The van der Waals surface area contributed by atoms with E-state index in [9.17, 15) is 0 Å². The second-order valence-corrected chi connectivity index (χ2v) is 6.68. The summed E-state index contributed by atoms with van der Waals surface area (Å²) in [4.78, 5) is 2.56. The molecule has 2 aliphatic rings. The third kappa shape index (κ3) is 3.08. The summed E-state index contributed by atoms with van der Waals surface area (Å²) in [6.45, 7) is 3.48. The maximum Gasteiger partial charge on any atom is 0.0359 e. The summed E-state index contributed by atoms with van der Waals surface area (Å²) in [7, 11) is 4.63. The molecule has 0 aliphatic heterocycles. The van der Waals surface area contributed by atoms with E-state index < -0.39 is 0 Å². The van der Waals surface area contributed by atoms with Crippen molar-refractivity contribution in [1.82, 2.24) is 10.2 Å². The van der Waals surface area contributed by atoms with E-state index in [2.05, 4.69) is 31.2 Å². The fraction of sp³-hybridized carbons (Fsp3) is 1.00. The van der Waals surface area contributed by atoms with Crippen LogP contribution in [0.1, 0.15) is 64.7 Å². The number of likely N-dealkylation sites (N-methyl/N-ethyl adjacent to an activating group) is 1. The zero-order valence-electron chi connectivity index (χ0n) is 12.7. The van der Waals surface area contributed by atoms with Gasteiger partial charge in [-0.15, -0.1) is 0 Å². The first kappa shape index (κ1) is 14.3. The van der Waals surface area contributed by atoms with Gasteiger partial charge in [-0.2, -0.15) is 0 Å². The summed E-state index contributed by atoms with van der Waals surface area (Å²) in [6, 6.07) is 0.741. The largest absolute Gasteiger partial charge is 0.312 e. The monoisotopic (exact) mass is 252 g/mol. The van der Waals surface area contributed by atoms with Crippen molar-refractivity contribution < 1.29 is 0 Å². The van der Waals surface area contributed by atoms with Crippen LogP contribution in [0, 0.1) is 5.92 Å². The first-order chi connectivity index (χ1) is 8.70. The molecule has 106 valence electrons. The van der Waals surface area contributed by atoms with Crippen LogP contribution in [0.25, 0.3) is 0 Å². The van der Waals surface area contributed by atoms with E-state index in [1.807, 2.05) is 0 Å². The third-order valence-corrected chi connectivity index (χ3v) is 5.15. The summed E-state index contributed by atoms with van der Waals surface area (Å²) in [6.07, 6.45) is 12.7. The lowest BCUT2D eigenvalue weighted by Crippen LogP contribution is -2.60. The van der Waals surface area contributed by atoms with Gasteiger partial charge >= 0.3 is 0 Å². The highest BCUT2D eigenvalue weighted by Crippen LogP contribution is 2.44. The van der Waals surface area contributed by atoms with Gasteiger partial charge in [-0.05, 0) is 58.7 Å². The van der Waals surface area contributed by atoms with Crippen LogP contribution in [0.15, 0.2) is 0 Å². The van der Waals surface area contributed by atoms with E-state index >= 15 is 0 Å². The summed E-state index contributed by atoms with van der Waals surface area (Å²) < 4.78 is 0. The molecule has 2 fully saturated rings. The van der Waals surface area contributed by atoms with E-state index in [0.29, 0.717) is 5.54 Å². The van der Waals surface area contributed by atoms with Crippen LogP contribution >= 0.6 is 0 Å². The smallest absolute Gasteiger partial charge is 0.0359 e. The van der Waals surface area contributed by atoms with E-state index in [0.717, 1.165) is 12.0 Å². The number of nitrogens with zero attached hydrogens (tertiary/aromatic N) is 1. The standard InChI is InChI=1S/C16H32N2/c1-4-13-17-15(14-9-10-14)16(18(2)3)11-7-5-6-8-12-16/h14-15,17H,4-13H2,1-3H3. The molecule has 2 aliphatic carbocycles. The second-order valence-electron chi connectivity index (χ2n) is 6.68.